The zero-order valence-corrected chi connectivity index (χ0v) is 10.2. The van der Waals surface area contributed by atoms with Gasteiger partial charge in [-0.25, -0.2) is 9.97 Å². The van der Waals surface area contributed by atoms with Crippen LogP contribution in [-0.4, -0.2) is 29.1 Å². The number of hydrogen-bond acceptors (Lipinski definition) is 4. The van der Waals surface area contributed by atoms with Crippen LogP contribution in [0.3, 0.4) is 0 Å². The predicted octanol–water partition coefficient (Wildman–Crippen LogP) is 1.93. The van der Waals surface area contributed by atoms with Crippen LogP contribution >= 0.6 is 11.6 Å². The molecule has 2 heterocycles. The van der Waals surface area contributed by atoms with Gasteiger partial charge in [-0.2, -0.15) is 0 Å². The first-order valence-electron chi connectivity index (χ1n) is 5.70. The number of hydrogen-bond donors (Lipinski definition) is 2. The van der Waals surface area contributed by atoms with Crippen LogP contribution in [0.25, 0.3) is 0 Å². The zero-order valence-electron chi connectivity index (χ0n) is 9.41. The molecular formula is C11H17ClN4. The summed E-state index contributed by atoms with van der Waals surface area (Å²) in [6, 6.07) is 0.507. The molecule has 1 saturated heterocycles. The van der Waals surface area contributed by atoms with Crippen molar-refractivity contribution >= 4 is 17.5 Å². The summed E-state index contributed by atoms with van der Waals surface area (Å²) in [5.41, 5.74) is 0. The van der Waals surface area contributed by atoms with Crippen LogP contribution in [0.15, 0.2) is 12.4 Å². The minimum Gasteiger partial charge on any atom is -0.353 e. The van der Waals surface area contributed by atoms with Crippen LogP contribution in [0, 0.1) is 5.92 Å². The van der Waals surface area contributed by atoms with E-state index in [1.807, 2.05) is 0 Å². The van der Waals surface area contributed by atoms with Crippen LogP contribution in [0.5, 0.6) is 0 Å². The van der Waals surface area contributed by atoms with Gasteiger partial charge in [0.15, 0.2) is 0 Å². The molecule has 0 aromatic carbocycles. The van der Waals surface area contributed by atoms with Gasteiger partial charge in [0, 0.05) is 12.6 Å². The van der Waals surface area contributed by atoms with E-state index < -0.39 is 0 Å². The SMILES string of the molecule is C[C@H]1CCCN[C@H]1CNc1ncc(Cl)cn1. The highest BCUT2D eigenvalue weighted by Crippen LogP contribution is 2.15. The van der Waals surface area contributed by atoms with Gasteiger partial charge in [-0.15, -0.1) is 0 Å². The maximum absolute atomic E-state index is 5.72. The smallest absolute Gasteiger partial charge is 0.222 e. The Morgan fingerprint density at radius 3 is 2.94 bits per heavy atom. The molecule has 2 rings (SSSR count). The van der Waals surface area contributed by atoms with Gasteiger partial charge in [0.25, 0.3) is 0 Å². The maximum atomic E-state index is 5.72. The number of halogens is 1. The first kappa shape index (κ1) is 11.6. The summed E-state index contributed by atoms with van der Waals surface area (Å²) in [4.78, 5) is 8.21. The third-order valence-corrected chi connectivity index (χ3v) is 3.23. The first-order chi connectivity index (χ1) is 7.75. The summed E-state index contributed by atoms with van der Waals surface area (Å²) in [7, 11) is 0. The maximum Gasteiger partial charge on any atom is 0.222 e. The van der Waals surface area contributed by atoms with E-state index in [1.54, 1.807) is 12.4 Å². The molecule has 0 bridgehead atoms. The Bertz CT molecular complexity index is 327. The molecule has 1 fully saturated rings. The fourth-order valence-electron chi connectivity index (χ4n) is 1.99. The average molecular weight is 241 g/mol. The van der Waals surface area contributed by atoms with Crippen LogP contribution < -0.4 is 10.6 Å². The van der Waals surface area contributed by atoms with Crippen LogP contribution in [0.1, 0.15) is 19.8 Å². The number of piperidine rings is 1. The number of rotatable bonds is 3. The molecule has 0 saturated carbocycles. The van der Waals surface area contributed by atoms with Crippen LogP contribution in [-0.2, 0) is 0 Å². The van der Waals surface area contributed by atoms with Gasteiger partial charge in [-0.05, 0) is 25.3 Å². The van der Waals surface area contributed by atoms with E-state index in [9.17, 15) is 0 Å². The molecule has 0 radical (unpaired) electrons. The van der Waals surface area contributed by atoms with E-state index in [0.29, 0.717) is 22.9 Å². The Kier molecular flexibility index (Phi) is 3.96. The Labute approximate surface area is 101 Å². The van der Waals surface area contributed by atoms with Gasteiger partial charge in [0.05, 0.1) is 17.4 Å². The monoisotopic (exact) mass is 240 g/mol. The first-order valence-corrected chi connectivity index (χ1v) is 6.08. The molecule has 88 valence electrons. The quantitative estimate of drug-likeness (QED) is 0.848. The highest BCUT2D eigenvalue weighted by molar-refractivity contribution is 6.30. The molecule has 1 aromatic heterocycles. The fourth-order valence-corrected chi connectivity index (χ4v) is 2.09. The predicted molar refractivity (Wildman–Crippen MR) is 65.7 cm³/mol. The third kappa shape index (κ3) is 3.06. The lowest BCUT2D eigenvalue weighted by Crippen LogP contribution is -2.44. The van der Waals surface area contributed by atoms with E-state index >= 15 is 0 Å². The third-order valence-electron chi connectivity index (χ3n) is 3.03. The van der Waals surface area contributed by atoms with E-state index in [1.165, 1.54) is 12.8 Å². The van der Waals surface area contributed by atoms with Crippen LogP contribution in [0.4, 0.5) is 5.95 Å². The molecule has 2 atom stereocenters. The van der Waals surface area contributed by atoms with Crippen molar-refractivity contribution in [1.82, 2.24) is 15.3 Å². The lowest BCUT2D eigenvalue weighted by molar-refractivity contribution is 0.310. The van der Waals surface area contributed by atoms with E-state index in [0.717, 1.165) is 13.1 Å². The second kappa shape index (κ2) is 5.46. The number of nitrogens with one attached hydrogen (secondary N) is 2. The van der Waals surface area contributed by atoms with E-state index in [2.05, 4.69) is 27.5 Å². The number of aromatic nitrogens is 2. The normalized spacial score (nSPS) is 25.4. The lowest BCUT2D eigenvalue weighted by Gasteiger charge is -2.30. The number of anilines is 1. The van der Waals surface area contributed by atoms with Crippen molar-refractivity contribution in [2.75, 3.05) is 18.4 Å². The van der Waals surface area contributed by atoms with Gasteiger partial charge < -0.3 is 10.6 Å². The van der Waals surface area contributed by atoms with Crippen molar-refractivity contribution in [3.05, 3.63) is 17.4 Å². The fraction of sp³-hybridized carbons (Fsp3) is 0.636. The van der Waals surface area contributed by atoms with Crippen molar-refractivity contribution in [1.29, 1.82) is 0 Å². The molecule has 0 unspecified atom stereocenters. The summed E-state index contributed by atoms with van der Waals surface area (Å²) in [5.74, 6) is 1.34. The van der Waals surface area contributed by atoms with Crippen molar-refractivity contribution in [2.45, 2.75) is 25.8 Å². The second-order valence-corrected chi connectivity index (χ2v) is 4.72. The van der Waals surface area contributed by atoms with Crippen molar-refractivity contribution in [2.24, 2.45) is 5.92 Å². The molecule has 0 amide bonds. The minimum atomic E-state index is 0.507. The Morgan fingerprint density at radius 1 is 1.50 bits per heavy atom. The van der Waals surface area contributed by atoms with Gasteiger partial charge in [-0.3, -0.25) is 0 Å². The largest absolute Gasteiger partial charge is 0.353 e. The summed E-state index contributed by atoms with van der Waals surface area (Å²) in [6.07, 6.45) is 5.78. The average Bonchev–Trinajstić information content (AvgIpc) is 2.30. The molecule has 5 heteroatoms. The molecule has 0 aliphatic carbocycles. The number of nitrogens with zero attached hydrogens (tertiary/aromatic N) is 2. The lowest BCUT2D eigenvalue weighted by atomic mass is 9.93. The second-order valence-electron chi connectivity index (χ2n) is 4.29. The Morgan fingerprint density at radius 2 is 2.25 bits per heavy atom. The molecule has 0 spiro atoms. The van der Waals surface area contributed by atoms with E-state index in [-0.39, 0.29) is 0 Å². The van der Waals surface area contributed by atoms with Crippen molar-refractivity contribution in [3.63, 3.8) is 0 Å². The van der Waals surface area contributed by atoms with Gasteiger partial charge in [0.1, 0.15) is 0 Å². The highest BCUT2D eigenvalue weighted by atomic mass is 35.5. The van der Waals surface area contributed by atoms with Gasteiger partial charge >= 0.3 is 0 Å². The Hall–Kier alpha value is -0.870. The molecule has 1 aliphatic rings. The molecule has 16 heavy (non-hydrogen) atoms. The summed E-state index contributed by atoms with van der Waals surface area (Å²) in [5, 5.41) is 7.30. The molecule has 1 aromatic rings. The molecule has 2 N–H and O–H groups in total. The highest BCUT2D eigenvalue weighted by Gasteiger charge is 2.20. The summed E-state index contributed by atoms with van der Waals surface area (Å²) >= 11 is 5.72. The zero-order chi connectivity index (χ0) is 11.4. The van der Waals surface area contributed by atoms with Gasteiger partial charge in [-0.1, -0.05) is 18.5 Å². The minimum absolute atomic E-state index is 0.507. The van der Waals surface area contributed by atoms with E-state index in [4.69, 9.17) is 11.6 Å². The van der Waals surface area contributed by atoms with Crippen molar-refractivity contribution in [3.8, 4) is 0 Å². The molecule has 1 aliphatic heterocycles. The Balaban J connectivity index is 1.84. The summed E-state index contributed by atoms with van der Waals surface area (Å²) in [6.45, 7) is 4.25. The topological polar surface area (TPSA) is 49.8 Å². The standard InChI is InChI=1S/C11H17ClN4/c1-8-3-2-4-13-10(8)7-16-11-14-5-9(12)6-15-11/h5-6,8,10,13H,2-4,7H2,1H3,(H,14,15,16)/t8-,10-/m0/s1. The summed E-state index contributed by atoms with van der Waals surface area (Å²) < 4.78 is 0. The van der Waals surface area contributed by atoms with Crippen LogP contribution in [0.2, 0.25) is 5.02 Å². The molecule has 4 nitrogen and oxygen atoms in total. The molecular weight excluding hydrogens is 224 g/mol. The van der Waals surface area contributed by atoms with Gasteiger partial charge in [0.2, 0.25) is 5.95 Å². The van der Waals surface area contributed by atoms with Crippen molar-refractivity contribution < 1.29 is 0 Å².